The Hall–Kier alpha value is -0.750. The Kier molecular flexibility index (Phi) is 3.94. The van der Waals surface area contributed by atoms with Crippen LogP contribution in [0, 0.1) is 5.92 Å². The minimum Gasteiger partial charge on any atom is -0.387 e. The fourth-order valence-electron chi connectivity index (χ4n) is 3.35. The van der Waals surface area contributed by atoms with Crippen molar-refractivity contribution < 1.29 is 18.7 Å². The average molecular weight is 302 g/mol. The van der Waals surface area contributed by atoms with Crippen LogP contribution in [0.1, 0.15) is 38.5 Å². The van der Waals surface area contributed by atoms with Gasteiger partial charge in [-0.1, -0.05) is 0 Å². The molecule has 2 heterocycles. The lowest BCUT2D eigenvalue weighted by atomic mass is 10.00. The molecule has 2 aliphatic heterocycles. The lowest BCUT2D eigenvalue weighted by molar-refractivity contribution is -0.131. The van der Waals surface area contributed by atoms with E-state index in [1.807, 2.05) is 4.90 Å². The van der Waals surface area contributed by atoms with Gasteiger partial charge < -0.3 is 10.0 Å². The molecule has 21 heavy (non-hydrogen) atoms. The third kappa shape index (κ3) is 3.92. The van der Waals surface area contributed by atoms with Crippen molar-refractivity contribution in [3.63, 3.8) is 0 Å². The summed E-state index contributed by atoms with van der Waals surface area (Å²) in [5, 5.41) is 10.6. The van der Waals surface area contributed by atoms with Gasteiger partial charge in [0.25, 0.3) is 5.92 Å². The standard InChI is InChI=1S/C15H24F2N2O2/c16-15(17)4-6-18(7-5-15)10-14(21)3-8-19(11-14)13(20)9-12-1-2-12/h12,21H,1-11H2/t14-/m0/s1. The molecule has 1 N–H and O–H groups in total. The van der Waals surface area contributed by atoms with Crippen LogP contribution in [0.2, 0.25) is 0 Å². The highest BCUT2D eigenvalue weighted by Crippen LogP contribution is 2.34. The molecule has 1 atom stereocenters. The van der Waals surface area contributed by atoms with E-state index >= 15 is 0 Å². The second-order valence-corrected chi connectivity index (χ2v) is 7.07. The van der Waals surface area contributed by atoms with Gasteiger partial charge >= 0.3 is 0 Å². The van der Waals surface area contributed by atoms with E-state index < -0.39 is 11.5 Å². The first-order chi connectivity index (χ1) is 9.85. The molecular weight excluding hydrogens is 278 g/mol. The van der Waals surface area contributed by atoms with Crippen molar-refractivity contribution in [3.05, 3.63) is 0 Å². The van der Waals surface area contributed by atoms with Crippen LogP contribution in [0.25, 0.3) is 0 Å². The smallest absolute Gasteiger partial charge is 0.250 e. The average Bonchev–Trinajstić information content (AvgIpc) is 3.13. The Bertz CT molecular complexity index is 404. The maximum atomic E-state index is 13.1. The highest BCUT2D eigenvalue weighted by atomic mass is 19.3. The first kappa shape index (κ1) is 15.2. The number of β-amino-alcohol motifs (C(OH)–C–C–N with tert-alkyl or cyclic N) is 1. The molecule has 3 fully saturated rings. The van der Waals surface area contributed by atoms with Gasteiger partial charge in [-0.05, 0) is 25.2 Å². The number of carbonyl (C=O) groups excluding carboxylic acids is 1. The number of piperidine rings is 1. The number of rotatable bonds is 4. The van der Waals surface area contributed by atoms with Crippen molar-refractivity contribution in [2.45, 2.75) is 50.0 Å². The Labute approximate surface area is 124 Å². The van der Waals surface area contributed by atoms with Gasteiger partial charge in [-0.15, -0.1) is 0 Å². The maximum absolute atomic E-state index is 13.1. The van der Waals surface area contributed by atoms with Gasteiger partial charge in [0.2, 0.25) is 5.91 Å². The summed E-state index contributed by atoms with van der Waals surface area (Å²) < 4.78 is 26.3. The molecule has 1 saturated carbocycles. The predicted octanol–water partition coefficient (Wildman–Crippen LogP) is 1.48. The van der Waals surface area contributed by atoms with E-state index in [2.05, 4.69) is 0 Å². The number of carbonyl (C=O) groups is 1. The number of amides is 1. The Morgan fingerprint density at radius 3 is 2.43 bits per heavy atom. The molecule has 3 rings (SSSR count). The van der Waals surface area contributed by atoms with Crippen molar-refractivity contribution in [1.82, 2.24) is 9.80 Å². The number of aliphatic hydroxyl groups is 1. The number of hydrogen-bond donors (Lipinski definition) is 1. The minimum atomic E-state index is -2.55. The monoisotopic (exact) mass is 302 g/mol. The van der Waals surface area contributed by atoms with E-state index in [9.17, 15) is 18.7 Å². The molecule has 3 aliphatic rings. The Morgan fingerprint density at radius 2 is 1.81 bits per heavy atom. The second kappa shape index (κ2) is 5.47. The lowest BCUT2D eigenvalue weighted by Crippen LogP contribution is -2.49. The number of halogens is 2. The first-order valence-corrected chi connectivity index (χ1v) is 7.96. The normalized spacial score (nSPS) is 33.4. The molecule has 0 spiro atoms. The summed E-state index contributed by atoms with van der Waals surface area (Å²) in [4.78, 5) is 15.7. The molecule has 0 aromatic carbocycles. The van der Waals surface area contributed by atoms with Crippen molar-refractivity contribution in [3.8, 4) is 0 Å². The summed E-state index contributed by atoms with van der Waals surface area (Å²) in [5.41, 5.74) is -0.925. The molecule has 4 nitrogen and oxygen atoms in total. The Balaban J connectivity index is 1.48. The van der Waals surface area contributed by atoms with Gasteiger partial charge in [0, 0.05) is 45.4 Å². The molecular formula is C15H24F2N2O2. The summed E-state index contributed by atoms with van der Waals surface area (Å²) >= 11 is 0. The molecule has 120 valence electrons. The van der Waals surface area contributed by atoms with Crippen LogP contribution in [-0.4, -0.2) is 65.1 Å². The van der Waals surface area contributed by atoms with E-state index in [0.717, 1.165) is 12.8 Å². The number of hydrogen-bond acceptors (Lipinski definition) is 3. The van der Waals surface area contributed by atoms with Crippen LogP contribution in [0.15, 0.2) is 0 Å². The van der Waals surface area contributed by atoms with Gasteiger partial charge in [-0.3, -0.25) is 9.69 Å². The first-order valence-electron chi connectivity index (χ1n) is 7.96. The molecule has 0 unspecified atom stereocenters. The number of likely N-dealkylation sites (tertiary alicyclic amines) is 2. The van der Waals surface area contributed by atoms with Crippen LogP contribution in [-0.2, 0) is 4.79 Å². The van der Waals surface area contributed by atoms with Gasteiger partial charge in [-0.2, -0.15) is 0 Å². The fourth-order valence-corrected chi connectivity index (χ4v) is 3.35. The molecule has 0 radical (unpaired) electrons. The van der Waals surface area contributed by atoms with E-state index in [1.165, 1.54) is 0 Å². The summed E-state index contributed by atoms with van der Waals surface area (Å²) in [5.74, 6) is -1.87. The number of nitrogens with zero attached hydrogens (tertiary/aromatic N) is 2. The summed E-state index contributed by atoms with van der Waals surface area (Å²) in [6, 6.07) is 0. The Morgan fingerprint density at radius 1 is 1.14 bits per heavy atom. The zero-order chi connectivity index (χ0) is 15.1. The molecule has 0 aromatic heterocycles. The zero-order valence-electron chi connectivity index (χ0n) is 12.4. The van der Waals surface area contributed by atoms with Crippen LogP contribution in [0.4, 0.5) is 8.78 Å². The SMILES string of the molecule is O=C(CC1CC1)N1CC[C@](O)(CN2CCC(F)(F)CC2)C1. The second-order valence-electron chi connectivity index (χ2n) is 7.07. The van der Waals surface area contributed by atoms with Crippen LogP contribution in [0.5, 0.6) is 0 Å². The summed E-state index contributed by atoms with van der Waals surface area (Å²) in [6.07, 6.45) is 3.18. The van der Waals surface area contributed by atoms with Crippen molar-refractivity contribution in [2.75, 3.05) is 32.7 Å². The van der Waals surface area contributed by atoms with Gasteiger partial charge in [-0.25, -0.2) is 8.78 Å². The van der Waals surface area contributed by atoms with Crippen LogP contribution in [0.3, 0.4) is 0 Å². The highest BCUT2D eigenvalue weighted by Gasteiger charge is 2.42. The molecule has 0 bridgehead atoms. The van der Waals surface area contributed by atoms with E-state index in [0.29, 0.717) is 51.5 Å². The summed E-state index contributed by atoms with van der Waals surface area (Å²) in [7, 11) is 0. The molecule has 2 saturated heterocycles. The molecule has 1 amide bonds. The van der Waals surface area contributed by atoms with Crippen LogP contribution >= 0.6 is 0 Å². The van der Waals surface area contributed by atoms with E-state index in [4.69, 9.17) is 0 Å². The third-order valence-corrected chi connectivity index (χ3v) is 4.95. The lowest BCUT2D eigenvalue weighted by Gasteiger charge is -2.36. The number of alkyl halides is 2. The molecule has 6 heteroatoms. The zero-order valence-corrected chi connectivity index (χ0v) is 12.4. The molecule has 0 aromatic rings. The van der Waals surface area contributed by atoms with Crippen LogP contribution < -0.4 is 0 Å². The van der Waals surface area contributed by atoms with Crippen molar-refractivity contribution in [1.29, 1.82) is 0 Å². The summed E-state index contributed by atoms with van der Waals surface area (Å²) in [6.45, 7) is 1.99. The third-order valence-electron chi connectivity index (χ3n) is 4.95. The highest BCUT2D eigenvalue weighted by molar-refractivity contribution is 5.77. The van der Waals surface area contributed by atoms with Crippen molar-refractivity contribution >= 4 is 5.91 Å². The molecule has 1 aliphatic carbocycles. The predicted molar refractivity (Wildman–Crippen MR) is 74.1 cm³/mol. The van der Waals surface area contributed by atoms with Crippen molar-refractivity contribution in [2.24, 2.45) is 5.92 Å². The van der Waals surface area contributed by atoms with Gasteiger partial charge in [0.05, 0.1) is 12.1 Å². The van der Waals surface area contributed by atoms with E-state index in [-0.39, 0.29) is 18.7 Å². The minimum absolute atomic E-state index is 0.132. The largest absolute Gasteiger partial charge is 0.387 e. The topological polar surface area (TPSA) is 43.8 Å². The van der Waals surface area contributed by atoms with Gasteiger partial charge in [0.1, 0.15) is 0 Å². The van der Waals surface area contributed by atoms with Gasteiger partial charge in [0.15, 0.2) is 0 Å². The quantitative estimate of drug-likeness (QED) is 0.855. The maximum Gasteiger partial charge on any atom is 0.250 e. The fraction of sp³-hybridized carbons (Fsp3) is 0.933. The van der Waals surface area contributed by atoms with E-state index in [1.54, 1.807) is 4.90 Å².